The van der Waals surface area contributed by atoms with E-state index >= 15 is 0 Å². The second-order valence-corrected chi connectivity index (χ2v) is 5.24. The van der Waals surface area contributed by atoms with Crippen LogP contribution in [0.25, 0.3) is 0 Å². The van der Waals surface area contributed by atoms with E-state index in [2.05, 4.69) is 10.6 Å². The standard InChI is InChI=1S/C12H19N3O3/c1-12(5-3-4-6-13-12)11(18)14-8-7-9(16)15(2)10(8)17/h8,13H,3-7H2,1-2H3,(H,14,18). The summed E-state index contributed by atoms with van der Waals surface area (Å²) in [6, 6.07) is -0.699. The van der Waals surface area contributed by atoms with Gasteiger partial charge in [0.2, 0.25) is 11.8 Å². The Labute approximate surface area is 106 Å². The number of likely N-dealkylation sites (tertiary alicyclic amines) is 1. The minimum Gasteiger partial charge on any atom is -0.342 e. The lowest BCUT2D eigenvalue weighted by Crippen LogP contribution is -2.59. The van der Waals surface area contributed by atoms with Crippen molar-refractivity contribution in [2.24, 2.45) is 0 Å². The van der Waals surface area contributed by atoms with E-state index in [-0.39, 0.29) is 24.1 Å². The Morgan fingerprint density at radius 2 is 2.17 bits per heavy atom. The van der Waals surface area contributed by atoms with Gasteiger partial charge in [-0.2, -0.15) is 0 Å². The molecule has 0 aliphatic carbocycles. The second-order valence-electron chi connectivity index (χ2n) is 5.24. The van der Waals surface area contributed by atoms with Crippen molar-refractivity contribution in [3.63, 3.8) is 0 Å². The maximum absolute atomic E-state index is 12.2. The molecule has 100 valence electrons. The number of rotatable bonds is 2. The Hall–Kier alpha value is -1.43. The van der Waals surface area contributed by atoms with Crippen LogP contribution in [0, 0.1) is 0 Å². The van der Waals surface area contributed by atoms with E-state index in [0.29, 0.717) is 0 Å². The molecule has 2 N–H and O–H groups in total. The summed E-state index contributed by atoms with van der Waals surface area (Å²) >= 11 is 0. The lowest BCUT2D eigenvalue weighted by atomic mass is 9.90. The van der Waals surface area contributed by atoms with Crippen molar-refractivity contribution in [3.05, 3.63) is 0 Å². The van der Waals surface area contributed by atoms with Gasteiger partial charge in [0, 0.05) is 7.05 Å². The number of likely N-dealkylation sites (N-methyl/N-ethyl adjacent to an activating group) is 1. The third kappa shape index (κ3) is 2.25. The second kappa shape index (κ2) is 4.68. The zero-order valence-electron chi connectivity index (χ0n) is 10.8. The van der Waals surface area contributed by atoms with Crippen LogP contribution in [0.2, 0.25) is 0 Å². The highest BCUT2D eigenvalue weighted by Gasteiger charge is 2.41. The molecule has 0 saturated carbocycles. The normalized spacial score (nSPS) is 32.8. The maximum Gasteiger partial charge on any atom is 0.252 e. The molecule has 2 aliphatic rings. The van der Waals surface area contributed by atoms with E-state index in [0.717, 1.165) is 30.7 Å². The number of amides is 3. The largest absolute Gasteiger partial charge is 0.342 e. The summed E-state index contributed by atoms with van der Waals surface area (Å²) in [6.45, 7) is 2.65. The first kappa shape index (κ1) is 13.0. The summed E-state index contributed by atoms with van der Waals surface area (Å²) in [5.74, 6) is -0.761. The molecule has 18 heavy (non-hydrogen) atoms. The Bertz CT molecular complexity index is 388. The molecular weight excluding hydrogens is 234 g/mol. The van der Waals surface area contributed by atoms with Gasteiger partial charge in [0.25, 0.3) is 5.91 Å². The van der Waals surface area contributed by atoms with E-state index in [1.807, 2.05) is 6.92 Å². The van der Waals surface area contributed by atoms with E-state index in [1.54, 1.807) is 0 Å². The van der Waals surface area contributed by atoms with Crippen molar-refractivity contribution in [1.29, 1.82) is 0 Å². The van der Waals surface area contributed by atoms with Gasteiger partial charge >= 0.3 is 0 Å². The maximum atomic E-state index is 12.2. The van der Waals surface area contributed by atoms with Gasteiger partial charge in [-0.3, -0.25) is 19.3 Å². The highest BCUT2D eigenvalue weighted by Crippen LogP contribution is 2.20. The first-order valence-electron chi connectivity index (χ1n) is 6.30. The molecular formula is C12H19N3O3. The molecule has 0 spiro atoms. The topological polar surface area (TPSA) is 78.5 Å². The summed E-state index contributed by atoms with van der Waals surface area (Å²) in [4.78, 5) is 36.3. The van der Waals surface area contributed by atoms with E-state index in [1.165, 1.54) is 7.05 Å². The molecule has 2 aliphatic heterocycles. The first-order chi connectivity index (χ1) is 8.44. The van der Waals surface area contributed by atoms with Crippen LogP contribution < -0.4 is 10.6 Å². The third-order valence-corrected chi connectivity index (χ3v) is 3.81. The van der Waals surface area contributed by atoms with Crippen molar-refractivity contribution >= 4 is 17.7 Å². The Morgan fingerprint density at radius 3 is 2.67 bits per heavy atom. The van der Waals surface area contributed by atoms with Crippen molar-refractivity contribution in [2.75, 3.05) is 13.6 Å². The summed E-state index contributed by atoms with van der Waals surface area (Å²) in [7, 11) is 1.44. The summed E-state index contributed by atoms with van der Waals surface area (Å²) < 4.78 is 0. The van der Waals surface area contributed by atoms with E-state index in [4.69, 9.17) is 0 Å². The molecule has 6 heteroatoms. The minimum absolute atomic E-state index is 0.0666. The van der Waals surface area contributed by atoms with Crippen LogP contribution in [0.1, 0.15) is 32.6 Å². The van der Waals surface area contributed by atoms with Crippen molar-refractivity contribution in [1.82, 2.24) is 15.5 Å². The number of nitrogens with zero attached hydrogens (tertiary/aromatic N) is 1. The quantitative estimate of drug-likeness (QED) is 0.644. The molecule has 0 aromatic rings. The monoisotopic (exact) mass is 253 g/mol. The Kier molecular flexibility index (Phi) is 3.38. The van der Waals surface area contributed by atoms with Gasteiger partial charge < -0.3 is 10.6 Å². The molecule has 0 radical (unpaired) electrons. The van der Waals surface area contributed by atoms with Crippen LogP contribution in [-0.4, -0.2) is 47.8 Å². The summed E-state index contributed by atoms with van der Waals surface area (Å²) in [5.41, 5.74) is -0.622. The molecule has 2 rings (SSSR count). The van der Waals surface area contributed by atoms with Gasteiger partial charge in [-0.1, -0.05) is 0 Å². The van der Waals surface area contributed by atoms with E-state index < -0.39 is 11.6 Å². The number of hydrogen-bond donors (Lipinski definition) is 2. The van der Waals surface area contributed by atoms with Gasteiger partial charge in [0.15, 0.2) is 0 Å². The van der Waals surface area contributed by atoms with Crippen LogP contribution in [0.5, 0.6) is 0 Å². The average Bonchev–Trinajstić information content (AvgIpc) is 2.58. The number of piperidine rings is 1. The van der Waals surface area contributed by atoms with E-state index in [9.17, 15) is 14.4 Å². The molecule has 0 bridgehead atoms. The Balaban J connectivity index is 1.99. The van der Waals surface area contributed by atoms with Gasteiger partial charge in [-0.25, -0.2) is 0 Å². The molecule has 2 saturated heterocycles. The predicted molar refractivity (Wildman–Crippen MR) is 64.6 cm³/mol. The van der Waals surface area contributed by atoms with Crippen LogP contribution in [0.3, 0.4) is 0 Å². The SMILES string of the molecule is CN1C(=O)CC(NC(=O)C2(C)CCCCN2)C1=O. The number of carbonyl (C=O) groups excluding carboxylic acids is 3. The average molecular weight is 253 g/mol. The lowest BCUT2D eigenvalue weighted by molar-refractivity contribution is -0.138. The summed E-state index contributed by atoms with van der Waals surface area (Å²) in [5, 5.41) is 5.87. The van der Waals surface area contributed by atoms with Crippen molar-refractivity contribution in [3.8, 4) is 0 Å². The van der Waals surface area contributed by atoms with Crippen LogP contribution in [0.4, 0.5) is 0 Å². The summed E-state index contributed by atoms with van der Waals surface area (Å²) in [6.07, 6.45) is 2.88. The number of nitrogens with one attached hydrogen (secondary N) is 2. The number of hydrogen-bond acceptors (Lipinski definition) is 4. The smallest absolute Gasteiger partial charge is 0.252 e. The molecule has 2 atom stereocenters. The minimum atomic E-state index is -0.699. The first-order valence-corrected chi connectivity index (χ1v) is 6.30. The van der Waals surface area contributed by atoms with Gasteiger partial charge in [0.1, 0.15) is 6.04 Å². The molecule has 0 aromatic heterocycles. The van der Waals surface area contributed by atoms with Crippen molar-refractivity contribution < 1.29 is 14.4 Å². The fourth-order valence-corrected chi connectivity index (χ4v) is 2.44. The van der Waals surface area contributed by atoms with Crippen molar-refractivity contribution in [2.45, 2.75) is 44.2 Å². The Morgan fingerprint density at radius 1 is 1.44 bits per heavy atom. The molecule has 0 aromatic carbocycles. The number of carbonyl (C=O) groups is 3. The van der Waals surface area contributed by atoms with Crippen LogP contribution in [-0.2, 0) is 14.4 Å². The highest BCUT2D eigenvalue weighted by molar-refractivity contribution is 6.07. The molecule has 3 amide bonds. The lowest BCUT2D eigenvalue weighted by Gasteiger charge is -2.34. The van der Waals surface area contributed by atoms with Gasteiger partial charge in [0.05, 0.1) is 12.0 Å². The molecule has 2 heterocycles. The molecule has 2 fully saturated rings. The zero-order chi connectivity index (χ0) is 13.3. The third-order valence-electron chi connectivity index (χ3n) is 3.81. The molecule has 6 nitrogen and oxygen atoms in total. The zero-order valence-corrected chi connectivity index (χ0v) is 10.8. The molecule has 2 unspecified atom stereocenters. The predicted octanol–water partition coefficient (Wildman–Crippen LogP) is -0.608. The van der Waals surface area contributed by atoms with Gasteiger partial charge in [-0.15, -0.1) is 0 Å². The highest BCUT2D eigenvalue weighted by atomic mass is 16.2. The fraction of sp³-hybridized carbons (Fsp3) is 0.750. The number of imide groups is 1. The fourth-order valence-electron chi connectivity index (χ4n) is 2.44. The van der Waals surface area contributed by atoms with Crippen LogP contribution >= 0.6 is 0 Å². The van der Waals surface area contributed by atoms with Crippen LogP contribution in [0.15, 0.2) is 0 Å². The van der Waals surface area contributed by atoms with Gasteiger partial charge in [-0.05, 0) is 32.7 Å².